The topological polar surface area (TPSA) is 75.3 Å². The maximum absolute atomic E-state index is 13.2. The Kier molecular flexibility index (Phi) is 5.42. The second-order valence-corrected chi connectivity index (χ2v) is 12.4. The minimum absolute atomic E-state index is 0.0905. The summed E-state index contributed by atoms with van der Waals surface area (Å²) in [7, 11) is 0. The van der Waals surface area contributed by atoms with Gasteiger partial charge in [-0.2, -0.15) is 0 Å². The molecule has 4 aliphatic rings. The van der Waals surface area contributed by atoms with Crippen LogP contribution in [0.5, 0.6) is 0 Å². The summed E-state index contributed by atoms with van der Waals surface area (Å²) >= 11 is 0. The molecule has 0 saturated heterocycles. The molecule has 5 heteroatoms. The van der Waals surface area contributed by atoms with Crippen molar-refractivity contribution in [1.29, 1.82) is 0 Å². The van der Waals surface area contributed by atoms with Crippen LogP contribution in [0, 0.1) is 34.0 Å². The van der Waals surface area contributed by atoms with Gasteiger partial charge in [0.1, 0.15) is 5.57 Å². The van der Waals surface area contributed by atoms with Crippen LogP contribution in [0.25, 0.3) is 0 Å². The third-order valence-corrected chi connectivity index (χ3v) is 9.35. The van der Waals surface area contributed by atoms with Crippen molar-refractivity contribution >= 4 is 17.6 Å². The summed E-state index contributed by atoms with van der Waals surface area (Å²) < 4.78 is 0. The molecule has 3 saturated carbocycles. The highest BCUT2D eigenvalue weighted by molar-refractivity contribution is 6.19. The van der Waals surface area contributed by atoms with Gasteiger partial charge in [-0.3, -0.25) is 14.4 Å². The summed E-state index contributed by atoms with van der Waals surface area (Å²) in [5.74, 6) is 1.14. The van der Waals surface area contributed by atoms with E-state index in [1.165, 1.54) is 45.4 Å². The van der Waals surface area contributed by atoms with E-state index in [2.05, 4.69) is 24.5 Å². The van der Waals surface area contributed by atoms with E-state index >= 15 is 0 Å². The fourth-order valence-electron chi connectivity index (χ4n) is 7.74. The third-order valence-electron chi connectivity index (χ3n) is 9.35. The SMILES string of the molecule is CC(=O)C(NC(=O)C1=C[C@@]2(C)C(CC[C@@H]3[C@H]2CC[C@]2(C)CCC[C@@H]32)NC1=O)C(C)(C)C. The molecule has 2 amide bonds. The Labute approximate surface area is 187 Å². The molecule has 0 bridgehead atoms. The quantitative estimate of drug-likeness (QED) is 0.663. The van der Waals surface area contributed by atoms with E-state index in [1.54, 1.807) is 0 Å². The smallest absolute Gasteiger partial charge is 0.257 e. The first-order valence-corrected chi connectivity index (χ1v) is 12.2. The van der Waals surface area contributed by atoms with Gasteiger partial charge >= 0.3 is 0 Å². The Morgan fingerprint density at radius 2 is 1.81 bits per heavy atom. The highest BCUT2D eigenvalue weighted by Gasteiger charge is 2.58. The second-order valence-electron chi connectivity index (χ2n) is 12.4. The lowest BCUT2D eigenvalue weighted by molar-refractivity contribution is -0.131. The number of Topliss-reactive ketones (excluding diaryl/α,β-unsaturated/α-hetero) is 1. The Morgan fingerprint density at radius 3 is 2.45 bits per heavy atom. The lowest BCUT2D eigenvalue weighted by atomic mass is 9.48. The number of ketones is 1. The van der Waals surface area contributed by atoms with Gasteiger partial charge in [0.25, 0.3) is 11.8 Å². The fraction of sp³-hybridized carbons (Fsp3) is 0.808. The normalized spacial score (nSPS) is 40.6. The maximum atomic E-state index is 13.2. The Bertz CT molecular complexity index is 825. The van der Waals surface area contributed by atoms with E-state index in [4.69, 9.17) is 0 Å². The zero-order valence-electron chi connectivity index (χ0n) is 20.1. The molecule has 0 aromatic rings. The Balaban J connectivity index is 1.63. The first-order valence-electron chi connectivity index (χ1n) is 12.2. The van der Waals surface area contributed by atoms with Crippen molar-refractivity contribution in [3.05, 3.63) is 11.6 Å². The van der Waals surface area contributed by atoms with Crippen LogP contribution >= 0.6 is 0 Å². The van der Waals surface area contributed by atoms with Crippen LogP contribution in [0.15, 0.2) is 11.6 Å². The predicted octanol–water partition coefficient (Wildman–Crippen LogP) is 4.16. The highest BCUT2D eigenvalue weighted by atomic mass is 16.2. The summed E-state index contributed by atoms with van der Waals surface area (Å²) in [5, 5.41) is 6.05. The molecule has 0 aromatic heterocycles. The van der Waals surface area contributed by atoms with E-state index in [-0.39, 0.29) is 28.7 Å². The Morgan fingerprint density at radius 1 is 1.10 bits per heavy atom. The summed E-state index contributed by atoms with van der Waals surface area (Å²) in [5.41, 5.74) is 0.0510. The standard InChI is InChI=1S/C26H40N2O3/c1-15(29)21(24(2,3)4)28-23(31)17-14-26(6)19-11-13-25(5)12-7-8-18(25)16(19)9-10-20(26)27-22(17)30/h14,16,18-21H,7-13H2,1-6H3,(H,27,30)(H,28,31)/t16-,18-,19+,20?,21?,25-,26+/m0/s1. The molecule has 3 fully saturated rings. The van der Waals surface area contributed by atoms with Gasteiger partial charge in [0, 0.05) is 11.5 Å². The average Bonchev–Trinajstić information content (AvgIpc) is 3.06. The van der Waals surface area contributed by atoms with E-state index in [9.17, 15) is 14.4 Å². The molecule has 4 rings (SSSR count). The number of carbonyl (C=O) groups excluding carboxylic acids is 3. The molecule has 2 N–H and O–H groups in total. The number of nitrogens with one attached hydrogen (secondary N) is 2. The van der Waals surface area contributed by atoms with E-state index in [0.29, 0.717) is 17.3 Å². The van der Waals surface area contributed by atoms with Crippen LogP contribution in [0.4, 0.5) is 0 Å². The van der Waals surface area contributed by atoms with E-state index < -0.39 is 17.4 Å². The van der Waals surface area contributed by atoms with Crippen LogP contribution in [-0.2, 0) is 14.4 Å². The number of hydrogen-bond donors (Lipinski definition) is 2. The number of amides is 2. The average molecular weight is 429 g/mol. The van der Waals surface area contributed by atoms with Crippen molar-refractivity contribution in [2.75, 3.05) is 0 Å². The van der Waals surface area contributed by atoms with E-state index in [1.807, 2.05) is 26.8 Å². The molecular weight excluding hydrogens is 388 g/mol. The molecule has 3 aliphatic carbocycles. The third kappa shape index (κ3) is 3.66. The molecule has 172 valence electrons. The number of carbonyl (C=O) groups is 3. The lowest BCUT2D eigenvalue weighted by Crippen LogP contribution is -2.61. The van der Waals surface area contributed by atoms with Crippen LogP contribution in [0.2, 0.25) is 0 Å². The first-order chi connectivity index (χ1) is 14.4. The van der Waals surface area contributed by atoms with Gasteiger partial charge in [0.15, 0.2) is 5.78 Å². The molecule has 1 aliphatic heterocycles. The van der Waals surface area contributed by atoms with Gasteiger partial charge in [0.05, 0.1) is 6.04 Å². The summed E-state index contributed by atoms with van der Waals surface area (Å²) in [4.78, 5) is 38.3. The van der Waals surface area contributed by atoms with Crippen LogP contribution < -0.4 is 10.6 Å². The van der Waals surface area contributed by atoms with Crippen molar-refractivity contribution in [2.45, 2.75) is 98.6 Å². The van der Waals surface area contributed by atoms with E-state index in [0.717, 1.165) is 12.3 Å². The molecular formula is C26H40N2O3. The monoisotopic (exact) mass is 428 g/mol. The van der Waals surface area contributed by atoms with Crippen molar-refractivity contribution in [1.82, 2.24) is 10.6 Å². The van der Waals surface area contributed by atoms with Crippen molar-refractivity contribution < 1.29 is 14.4 Å². The molecule has 0 aromatic carbocycles. The molecule has 0 radical (unpaired) electrons. The van der Waals surface area contributed by atoms with Gasteiger partial charge in [-0.15, -0.1) is 0 Å². The molecule has 1 heterocycles. The number of fused-ring (bicyclic) bond motifs is 5. The van der Waals surface area contributed by atoms with Crippen molar-refractivity contribution in [3.8, 4) is 0 Å². The van der Waals surface area contributed by atoms with Gasteiger partial charge in [-0.05, 0) is 74.0 Å². The zero-order chi connectivity index (χ0) is 22.8. The molecule has 31 heavy (non-hydrogen) atoms. The van der Waals surface area contributed by atoms with Gasteiger partial charge in [-0.1, -0.05) is 47.1 Å². The summed E-state index contributed by atoms with van der Waals surface area (Å²) in [6.07, 6.45) is 10.6. The minimum atomic E-state index is -0.618. The zero-order valence-corrected chi connectivity index (χ0v) is 20.1. The predicted molar refractivity (Wildman–Crippen MR) is 121 cm³/mol. The molecule has 2 unspecified atom stereocenters. The highest BCUT2D eigenvalue weighted by Crippen LogP contribution is 2.63. The molecule has 5 nitrogen and oxygen atoms in total. The summed E-state index contributed by atoms with van der Waals surface area (Å²) in [6, 6.07) is -0.526. The van der Waals surface area contributed by atoms with Crippen LogP contribution in [0.3, 0.4) is 0 Å². The van der Waals surface area contributed by atoms with Crippen LogP contribution in [0.1, 0.15) is 86.5 Å². The van der Waals surface area contributed by atoms with Crippen molar-refractivity contribution in [2.24, 2.45) is 34.0 Å². The largest absolute Gasteiger partial charge is 0.348 e. The van der Waals surface area contributed by atoms with Gasteiger partial charge in [0.2, 0.25) is 0 Å². The minimum Gasteiger partial charge on any atom is -0.348 e. The Hall–Kier alpha value is -1.65. The fourth-order valence-corrected chi connectivity index (χ4v) is 7.74. The molecule has 0 spiro atoms. The first kappa shape index (κ1) is 22.5. The number of hydrogen-bond acceptors (Lipinski definition) is 3. The maximum Gasteiger partial charge on any atom is 0.257 e. The van der Waals surface area contributed by atoms with Crippen LogP contribution in [-0.4, -0.2) is 29.7 Å². The lowest BCUT2D eigenvalue weighted by Gasteiger charge is -2.58. The van der Waals surface area contributed by atoms with Gasteiger partial charge < -0.3 is 10.6 Å². The molecule has 7 atom stereocenters. The van der Waals surface area contributed by atoms with Crippen molar-refractivity contribution in [3.63, 3.8) is 0 Å². The van der Waals surface area contributed by atoms with Gasteiger partial charge in [-0.25, -0.2) is 0 Å². The second kappa shape index (κ2) is 7.45. The summed E-state index contributed by atoms with van der Waals surface area (Å²) in [6.45, 7) is 12.0. The number of rotatable bonds is 3.